The molecule has 0 fully saturated rings. The summed E-state index contributed by atoms with van der Waals surface area (Å²) in [5.41, 5.74) is 5.69. The number of para-hydroxylation sites is 2. The van der Waals surface area contributed by atoms with Gasteiger partial charge >= 0.3 is 23.5 Å². The zero-order valence-electron chi connectivity index (χ0n) is 28.6. The number of carbonyl (C=O) groups excluding carboxylic acids is 3. The monoisotopic (exact) mass is 714 g/mol. The molecule has 3 heterocycles. The van der Waals surface area contributed by atoms with E-state index in [9.17, 15) is 19.2 Å². The van der Waals surface area contributed by atoms with Gasteiger partial charge in [-0.15, -0.1) is 0 Å². The van der Waals surface area contributed by atoms with Gasteiger partial charge in [-0.3, -0.25) is 14.4 Å². The molecule has 1 aliphatic carbocycles. The first kappa shape index (κ1) is 32.7. The van der Waals surface area contributed by atoms with E-state index in [0.29, 0.717) is 17.2 Å². The maximum atomic E-state index is 13.5. The fourth-order valence-corrected chi connectivity index (χ4v) is 7.17. The van der Waals surface area contributed by atoms with Crippen LogP contribution in [0.15, 0.2) is 131 Å². The Bertz CT molecular complexity index is 2910. The Morgan fingerprint density at radius 2 is 1.19 bits per heavy atom. The number of carbonyl (C=O) groups is 3. The first-order valence-corrected chi connectivity index (χ1v) is 17.4. The number of nitrogens with one attached hydrogen (secondary N) is 2. The molecule has 0 atom stereocenters. The number of allylic oxidation sites excluding steroid dienone is 1. The molecular formula is C44H30N2O8. The van der Waals surface area contributed by atoms with Gasteiger partial charge in [-0.05, 0) is 70.6 Å². The van der Waals surface area contributed by atoms with Crippen molar-refractivity contribution in [2.75, 3.05) is 0 Å². The molecule has 0 unspecified atom stereocenters. The van der Waals surface area contributed by atoms with Crippen LogP contribution >= 0.6 is 0 Å². The summed E-state index contributed by atoms with van der Waals surface area (Å²) in [5, 5.41) is 2.79. The molecule has 10 nitrogen and oxygen atoms in total. The Morgan fingerprint density at radius 1 is 0.593 bits per heavy atom. The summed E-state index contributed by atoms with van der Waals surface area (Å²) in [6.07, 6.45) is 6.18. The molecule has 5 aromatic carbocycles. The van der Waals surface area contributed by atoms with Crippen LogP contribution in [0.1, 0.15) is 28.7 Å². The van der Waals surface area contributed by atoms with Crippen molar-refractivity contribution in [3.8, 4) is 17.2 Å². The molecule has 3 aromatic heterocycles. The minimum absolute atomic E-state index is 0.0112. The molecule has 0 saturated carbocycles. The fourth-order valence-electron chi connectivity index (χ4n) is 7.17. The number of hydrogen-bond donors (Lipinski definition) is 2. The Morgan fingerprint density at radius 3 is 1.89 bits per heavy atom. The van der Waals surface area contributed by atoms with Crippen LogP contribution in [0.3, 0.4) is 0 Å². The second-order valence-corrected chi connectivity index (χ2v) is 13.2. The lowest BCUT2D eigenvalue weighted by Gasteiger charge is -2.14. The highest BCUT2D eigenvalue weighted by Gasteiger charge is 2.23. The van der Waals surface area contributed by atoms with Crippen molar-refractivity contribution in [3.05, 3.63) is 154 Å². The van der Waals surface area contributed by atoms with E-state index in [-0.39, 0.29) is 47.5 Å². The minimum atomic E-state index is -0.723. The van der Waals surface area contributed by atoms with Gasteiger partial charge in [-0.25, -0.2) is 4.79 Å². The van der Waals surface area contributed by atoms with E-state index in [0.717, 1.165) is 49.6 Å². The number of aromatic amines is 2. The van der Waals surface area contributed by atoms with Crippen molar-refractivity contribution in [2.45, 2.75) is 25.7 Å². The molecule has 0 amide bonds. The largest absolute Gasteiger partial charge is 0.426 e. The highest BCUT2D eigenvalue weighted by atomic mass is 16.6. The number of hydrogen-bond acceptors (Lipinski definition) is 8. The van der Waals surface area contributed by atoms with Gasteiger partial charge in [-0.2, -0.15) is 0 Å². The number of esters is 3. The van der Waals surface area contributed by atoms with E-state index in [1.54, 1.807) is 24.5 Å². The lowest BCUT2D eigenvalue weighted by molar-refractivity contribution is -0.136. The smallest absolute Gasteiger partial charge is 0.344 e. The molecule has 9 rings (SSSR count). The molecule has 0 aliphatic heterocycles. The normalized spacial score (nSPS) is 12.3. The summed E-state index contributed by atoms with van der Waals surface area (Å²) < 4.78 is 23.1. The van der Waals surface area contributed by atoms with Crippen LogP contribution in [-0.4, -0.2) is 27.9 Å². The maximum Gasteiger partial charge on any atom is 0.344 e. The van der Waals surface area contributed by atoms with Crippen molar-refractivity contribution in [1.82, 2.24) is 9.97 Å². The van der Waals surface area contributed by atoms with Crippen molar-refractivity contribution in [2.24, 2.45) is 0 Å². The molecule has 54 heavy (non-hydrogen) atoms. The van der Waals surface area contributed by atoms with Crippen LogP contribution in [0.4, 0.5) is 0 Å². The number of ether oxygens (including phenoxy) is 3. The standard InChI is InChI=1S/C44H30N2O8/c47-41(18-27-23-45-36-11-5-3-9-31(27)36)51-29-15-16-33-34-21-39(52-42(48)17-26-14-13-25-7-1-2-8-30(25)26)40(22-35(34)44(50)54-38(33)20-29)53-43(49)19-28-24-46-37-12-6-4-10-32(28)37/h1-12,14-16,20-24,45-46H,13,17-19H2. The summed E-state index contributed by atoms with van der Waals surface area (Å²) in [5.74, 6) is -1.62. The average Bonchev–Trinajstić information content (AvgIpc) is 3.89. The molecule has 0 radical (unpaired) electrons. The second kappa shape index (κ2) is 13.4. The van der Waals surface area contributed by atoms with Crippen molar-refractivity contribution in [1.29, 1.82) is 0 Å². The molecular weight excluding hydrogens is 684 g/mol. The summed E-state index contributed by atoms with van der Waals surface area (Å²) in [7, 11) is 0. The first-order chi connectivity index (χ1) is 26.4. The molecule has 264 valence electrons. The average molecular weight is 715 g/mol. The number of H-pyrrole nitrogens is 2. The fraction of sp³-hybridized carbons (Fsp3) is 0.0909. The zero-order chi connectivity index (χ0) is 36.8. The van der Waals surface area contributed by atoms with Gasteiger partial charge in [0, 0.05) is 51.0 Å². The molecule has 2 N–H and O–H groups in total. The predicted octanol–water partition coefficient (Wildman–Crippen LogP) is 8.14. The van der Waals surface area contributed by atoms with Gasteiger partial charge in [0.2, 0.25) is 0 Å². The zero-order valence-corrected chi connectivity index (χ0v) is 28.6. The maximum absolute atomic E-state index is 13.5. The van der Waals surface area contributed by atoms with Gasteiger partial charge in [-0.1, -0.05) is 66.7 Å². The summed E-state index contributed by atoms with van der Waals surface area (Å²) in [6, 6.07) is 30.7. The van der Waals surface area contributed by atoms with Crippen LogP contribution in [0.5, 0.6) is 17.2 Å². The van der Waals surface area contributed by atoms with E-state index >= 15 is 0 Å². The second-order valence-electron chi connectivity index (χ2n) is 13.2. The lowest BCUT2D eigenvalue weighted by atomic mass is 10.0. The third-order valence-corrected chi connectivity index (χ3v) is 9.71. The van der Waals surface area contributed by atoms with Gasteiger partial charge in [0.25, 0.3) is 0 Å². The molecule has 0 spiro atoms. The van der Waals surface area contributed by atoms with E-state index < -0.39 is 23.5 Å². The third kappa shape index (κ3) is 6.19. The van der Waals surface area contributed by atoms with E-state index in [1.165, 1.54) is 18.2 Å². The van der Waals surface area contributed by atoms with Crippen LogP contribution in [0.2, 0.25) is 0 Å². The van der Waals surface area contributed by atoms with E-state index in [4.69, 9.17) is 18.6 Å². The van der Waals surface area contributed by atoms with Crippen molar-refractivity contribution >= 4 is 67.0 Å². The number of fused-ring (bicyclic) bond motifs is 6. The highest BCUT2D eigenvalue weighted by Crippen LogP contribution is 2.37. The number of aromatic nitrogens is 2. The highest BCUT2D eigenvalue weighted by molar-refractivity contribution is 6.06. The van der Waals surface area contributed by atoms with Gasteiger partial charge in [0.05, 0.1) is 24.6 Å². The number of rotatable bonds is 9. The number of benzene rings is 5. The summed E-state index contributed by atoms with van der Waals surface area (Å²) >= 11 is 0. The summed E-state index contributed by atoms with van der Waals surface area (Å²) in [6.45, 7) is 0. The van der Waals surface area contributed by atoms with Crippen LogP contribution in [0, 0.1) is 0 Å². The van der Waals surface area contributed by atoms with Gasteiger partial charge in [0.1, 0.15) is 11.3 Å². The third-order valence-electron chi connectivity index (χ3n) is 9.71. The Balaban J connectivity index is 1.03. The van der Waals surface area contributed by atoms with E-state index in [2.05, 4.69) is 9.97 Å². The Labute approximate surface area is 306 Å². The van der Waals surface area contributed by atoms with Crippen molar-refractivity contribution < 1.29 is 33.0 Å². The molecule has 0 saturated heterocycles. The predicted molar refractivity (Wildman–Crippen MR) is 204 cm³/mol. The van der Waals surface area contributed by atoms with Gasteiger partial charge < -0.3 is 28.6 Å². The topological polar surface area (TPSA) is 141 Å². The first-order valence-electron chi connectivity index (χ1n) is 17.4. The van der Waals surface area contributed by atoms with E-state index in [1.807, 2.05) is 78.9 Å². The van der Waals surface area contributed by atoms with Crippen molar-refractivity contribution in [3.63, 3.8) is 0 Å². The molecule has 0 bridgehead atoms. The SMILES string of the molecule is O=C(Cc1c[nH]c2ccccc12)Oc1ccc2c(c1)oc(=O)c1cc(OC(=O)Cc3c[nH]c4ccccc34)c(OC(=O)CC3=CCc4ccccc43)cc12. The van der Waals surface area contributed by atoms with Crippen LogP contribution in [0.25, 0.3) is 49.1 Å². The lowest BCUT2D eigenvalue weighted by Crippen LogP contribution is -2.15. The Kier molecular flexibility index (Phi) is 8.12. The molecule has 10 heteroatoms. The molecule has 8 aromatic rings. The van der Waals surface area contributed by atoms with Crippen LogP contribution < -0.4 is 19.8 Å². The minimum Gasteiger partial charge on any atom is -0.426 e. The summed E-state index contributed by atoms with van der Waals surface area (Å²) in [4.78, 5) is 59.5. The Hall–Kier alpha value is -7.20. The van der Waals surface area contributed by atoms with Gasteiger partial charge in [0.15, 0.2) is 11.5 Å². The quantitative estimate of drug-likeness (QED) is 0.0661. The molecule has 1 aliphatic rings. The van der Waals surface area contributed by atoms with Crippen LogP contribution in [-0.2, 0) is 33.6 Å².